The van der Waals surface area contributed by atoms with Crippen LogP contribution in [0.2, 0.25) is 0 Å². The molecule has 0 aliphatic carbocycles. The maximum atomic E-state index is 9.39. The van der Waals surface area contributed by atoms with Crippen molar-refractivity contribution in [2.45, 2.75) is 45.7 Å². The molecule has 0 spiro atoms. The van der Waals surface area contributed by atoms with E-state index in [-0.39, 0.29) is 13.2 Å². The highest BCUT2D eigenvalue weighted by molar-refractivity contribution is 8.76. The molecule has 2 heterocycles. The first-order valence-electron chi connectivity index (χ1n) is 15.7. The van der Waals surface area contributed by atoms with Gasteiger partial charge in [0.15, 0.2) is 25.3 Å². The second-order valence-corrected chi connectivity index (χ2v) is 13.8. The van der Waals surface area contributed by atoms with Gasteiger partial charge in [0.1, 0.15) is 19.4 Å². The van der Waals surface area contributed by atoms with Gasteiger partial charge in [-0.1, -0.05) is 45.9 Å². The van der Waals surface area contributed by atoms with Crippen LogP contribution < -0.4 is 15.2 Å². The molecule has 8 heteroatoms. The van der Waals surface area contributed by atoms with Crippen molar-refractivity contribution in [3.8, 4) is 0 Å². The Bertz CT molecular complexity index is 1390. The van der Waals surface area contributed by atoms with Crippen LogP contribution in [-0.2, 0) is 6.54 Å². The highest BCUT2D eigenvalue weighted by Gasteiger charge is 2.25. The third-order valence-electron chi connectivity index (χ3n) is 7.73. The van der Waals surface area contributed by atoms with Gasteiger partial charge in [0.05, 0.1) is 0 Å². The average Bonchev–Trinajstić information content (AvgIpc) is 3.04. The quantitative estimate of drug-likeness (QED) is 0.0778. The fourth-order valence-corrected chi connectivity index (χ4v) is 7.33. The van der Waals surface area contributed by atoms with Crippen LogP contribution in [0.3, 0.4) is 0 Å². The Labute approximate surface area is 271 Å². The summed E-state index contributed by atoms with van der Waals surface area (Å²) in [6.07, 6.45) is 12.2. The molecule has 44 heavy (non-hydrogen) atoms. The van der Waals surface area contributed by atoms with Crippen molar-refractivity contribution in [2.75, 3.05) is 55.0 Å². The molecule has 0 amide bonds. The molecule has 0 saturated carbocycles. The molecule has 0 bridgehead atoms. The standard InChI is InChI=1S/C36H47N4O2S2/c1-29(35-7-3-5-19-39(35)21-23-41)27-31-9-13-33(14-10-31)37-17-25-43-44-26-18-38-34-15-11-32(12-16-34)28-30(2)36-8-4-6-20-40(36)22-24-42/h3,5,7,9-16,19-20,27-28,36,38,41-42H,4,6,8,17-18,21-26H2,1-2H3/q+1/p+1/b30-28+. The normalized spacial score (nSPS) is 15.6. The molecule has 1 atom stereocenters. The summed E-state index contributed by atoms with van der Waals surface area (Å²) in [5, 5.41) is 25.8. The fraction of sp³-hybridized carbons (Fsp3) is 0.389. The Balaban J connectivity index is 1.11. The molecular weight excluding hydrogens is 585 g/mol. The summed E-state index contributed by atoms with van der Waals surface area (Å²) in [6.45, 7) is 7.81. The number of β-amino-alcohol motifs (C(OH)–C–C–N with tert-alkyl or cyclic N) is 1. The maximum absolute atomic E-state index is 9.39. The molecule has 4 N–H and O–H groups in total. The van der Waals surface area contributed by atoms with Crippen LogP contribution >= 0.6 is 21.6 Å². The highest BCUT2D eigenvalue weighted by Crippen LogP contribution is 2.23. The van der Waals surface area contributed by atoms with Crippen LogP contribution in [0.5, 0.6) is 0 Å². The number of hydrogen-bond acceptors (Lipinski definition) is 6. The lowest BCUT2D eigenvalue weighted by Crippen LogP contribution is -2.38. The van der Waals surface area contributed by atoms with Gasteiger partial charge >= 0.3 is 0 Å². The van der Waals surface area contributed by atoms with Gasteiger partial charge in [-0.15, -0.1) is 0 Å². The van der Waals surface area contributed by atoms with E-state index in [9.17, 15) is 10.2 Å². The summed E-state index contributed by atoms with van der Waals surface area (Å²) in [6, 6.07) is 23.8. The van der Waals surface area contributed by atoms with E-state index in [0.717, 1.165) is 60.1 Å². The maximum Gasteiger partial charge on any atom is 0.208 e. The lowest BCUT2D eigenvalue weighted by atomic mass is 9.97. The number of anilines is 2. The van der Waals surface area contributed by atoms with Gasteiger partial charge in [0.25, 0.3) is 0 Å². The van der Waals surface area contributed by atoms with Gasteiger partial charge in [-0.25, -0.2) is 4.58 Å². The molecule has 234 valence electrons. The Morgan fingerprint density at radius 3 is 2.05 bits per heavy atom. The summed E-state index contributed by atoms with van der Waals surface area (Å²) >= 11 is 0. The number of nitrogens with zero attached hydrogens (tertiary/aromatic N) is 2. The second kappa shape index (κ2) is 18.7. The zero-order valence-corrected chi connectivity index (χ0v) is 27.8. The molecule has 4 rings (SSSR count). The second-order valence-electron chi connectivity index (χ2n) is 11.1. The van der Waals surface area contributed by atoms with Crippen LogP contribution in [0.25, 0.3) is 17.7 Å². The number of benzene rings is 2. The summed E-state index contributed by atoms with van der Waals surface area (Å²) in [5.41, 5.74) is 8.31. The van der Waals surface area contributed by atoms with Crippen molar-refractivity contribution in [2.24, 2.45) is 0 Å². The SMILES string of the molecule is C/C(=C\c1ccc(NCCSSCCNc2ccc(/C=C(\C)C3CCCC=[N+]3CCO)cc2)cc1)c1cccc[n+]1CCO. The zero-order valence-electron chi connectivity index (χ0n) is 26.1. The molecule has 1 unspecified atom stereocenters. The summed E-state index contributed by atoms with van der Waals surface area (Å²) in [7, 11) is 3.81. The van der Waals surface area contributed by atoms with E-state index in [1.807, 2.05) is 39.9 Å². The summed E-state index contributed by atoms with van der Waals surface area (Å²) < 4.78 is 4.38. The van der Waals surface area contributed by atoms with Crippen molar-refractivity contribution in [1.82, 2.24) is 0 Å². The summed E-state index contributed by atoms with van der Waals surface area (Å²) in [5.74, 6) is 2.09. The zero-order chi connectivity index (χ0) is 31.0. The molecule has 2 aromatic carbocycles. The third-order valence-corrected chi connectivity index (χ3v) is 10.1. The lowest BCUT2D eigenvalue weighted by Gasteiger charge is -2.20. The van der Waals surface area contributed by atoms with Crippen molar-refractivity contribution in [3.63, 3.8) is 0 Å². The number of hydrogen-bond donors (Lipinski definition) is 4. The number of aliphatic hydroxyl groups is 2. The Hall–Kier alpha value is -3.04. The first kappa shape index (κ1) is 33.8. The Morgan fingerprint density at radius 2 is 1.43 bits per heavy atom. The Morgan fingerprint density at radius 1 is 0.818 bits per heavy atom. The van der Waals surface area contributed by atoms with Gasteiger partial charge in [0.2, 0.25) is 5.69 Å². The predicted octanol–water partition coefficient (Wildman–Crippen LogP) is 6.46. The van der Waals surface area contributed by atoms with Crippen molar-refractivity contribution >= 4 is 56.9 Å². The summed E-state index contributed by atoms with van der Waals surface area (Å²) in [4.78, 5) is 0. The largest absolute Gasteiger partial charge is 0.390 e. The molecule has 0 radical (unpaired) electrons. The van der Waals surface area contributed by atoms with Crippen LogP contribution in [0.4, 0.5) is 11.4 Å². The molecule has 3 aromatic rings. The molecule has 0 saturated heterocycles. The van der Waals surface area contributed by atoms with E-state index in [4.69, 9.17) is 0 Å². The van der Waals surface area contributed by atoms with Crippen molar-refractivity contribution < 1.29 is 19.4 Å². The fourth-order valence-electron chi connectivity index (χ4n) is 5.52. The molecule has 1 aliphatic heterocycles. The van der Waals surface area contributed by atoms with E-state index in [1.165, 1.54) is 23.1 Å². The van der Waals surface area contributed by atoms with E-state index in [2.05, 4.69) is 107 Å². The number of rotatable bonds is 17. The van der Waals surface area contributed by atoms with Gasteiger partial charge < -0.3 is 20.8 Å². The minimum absolute atomic E-state index is 0.128. The van der Waals surface area contributed by atoms with E-state index >= 15 is 0 Å². The predicted molar refractivity (Wildman–Crippen MR) is 192 cm³/mol. The molecule has 6 nitrogen and oxygen atoms in total. The third kappa shape index (κ3) is 10.8. The number of aliphatic hydroxyl groups excluding tert-OH is 2. The molecular formula is C36H48N4O2S2+2. The van der Waals surface area contributed by atoms with Gasteiger partial charge in [-0.3, -0.25) is 0 Å². The minimum Gasteiger partial charge on any atom is -0.390 e. The van der Waals surface area contributed by atoms with Crippen LogP contribution in [0, 0.1) is 0 Å². The molecule has 1 aromatic heterocycles. The van der Waals surface area contributed by atoms with Gasteiger partial charge in [0, 0.05) is 66.5 Å². The first-order chi connectivity index (χ1) is 21.6. The van der Waals surface area contributed by atoms with Crippen LogP contribution in [-0.4, -0.2) is 71.4 Å². The Kier molecular flexibility index (Phi) is 14.4. The first-order valence-corrected chi connectivity index (χ1v) is 18.1. The number of nitrogens with one attached hydrogen (secondary N) is 2. The van der Waals surface area contributed by atoms with E-state index < -0.39 is 0 Å². The topological polar surface area (TPSA) is 71.4 Å². The lowest BCUT2D eigenvalue weighted by molar-refractivity contribution is -0.700. The van der Waals surface area contributed by atoms with Crippen molar-refractivity contribution in [3.05, 3.63) is 95.3 Å². The number of aromatic nitrogens is 1. The monoisotopic (exact) mass is 632 g/mol. The van der Waals surface area contributed by atoms with Gasteiger partial charge in [-0.2, -0.15) is 4.57 Å². The average molecular weight is 633 g/mol. The van der Waals surface area contributed by atoms with Crippen molar-refractivity contribution in [1.29, 1.82) is 0 Å². The van der Waals surface area contributed by atoms with Crippen LogP contribution in [0.1, 0.15) is 49.9 Å². The van der Waals surface area contributed by atoms with E-state index in [0.29, 0.717) is 19.1 Å². The van der Waals surface area contributed by atoms with Gasteiger partial charge in [-0.05, 0) is 79.5 Å². The minimum atomic E-state index is 0.128. The molecule has 1 aliphatic rings. The molecule has 0 fully saturated rings. The van der Waals surface area contributed by atoms with Crippen LogP contribution in [0.15, 0.2) is 78.5 Å². The highest BCUT2D eigenvalue weighted by atomic mass is 33.1. The number of pyridine rings is 1. The number of allylic oxidation sites excluding steroid dienone is 1. The van der Waals surface area contributed by atoms with E-state index in [1.54, 1.807) is 0 Å². The smallest absolute Gasteiger partial charge is 0.208 e.